The molecule has 3 N–H and O–H groups in total. The van der Waals surface area contributed by atoms with Gasteiger partial charge in [-0.15, -0.1) is 0 Å². The normalized spacial score (nSPS) is 10.6. The van der Waals surface area contributed by atoms with E-state index in [2.05, 4.69) is 5.32 Å². The summed E-state index contributed by atoms with van der Waals surface area (Å²) in [7, 11) is 1.31. The van der Waals surface area contributed by atoms with Crippen molar-refractivity contribution in [3.63, 3.8) is 0 Å². The summed E-state index contributed by atoms with van der Waals surface area (Å²) < 4.78 is 24.4. The number of hydrogen-bond acceptors (Lipinski definition) is 5. The van der Waals surface area contributed by atoms with Gasteiger partial charge in [0.15, 0.2) is 0 Å². The Bertz CT molecular complexity index is 1040. The van der Waals surface area contributed by atoms with E-state index in [1.165, 1.54) is 19.2 Å². The van der Waals surface area contributed by atoms with E-state index in [4.69, 9.17) is 26.8 Å². The van der Waals surface area contributed by atoms with Crippen LogP contribution in [0.2, 0.25) is 5.02 Å². The van der Waals surface area contributed by atoms with Crippen LogP contribution in [0.3, 0.4) is 0 Å². The van der Waals surface area contributed by atoms with Gasteiger partial charge in [0.25, 0.3) is 0 Å². The zero-order chi connectivity index (χ0) is 21.5. The minimum atomic E-state index is -0.585. The second-order valence-electron chi connectivity index (χ2n) is 6.62. The van der Waals surface area contributed by atoms with Gasteiger partial charge in [-0.3, -0.25) is 0 Å². The number of esters is 1. The Morgan fingerprint density at radius 2 is 1.90 bits per heavy atom. The molecule has 0 fully saturated rings. The predicted octanol–water partition coefficient (Wildman–Crippen LogP) is 4.97. The molecule has 0 atom stereocenters. The second kappa shape index (κ2) is 10.1. The number of anilines is 1. The highest BCUT2D eigenvalue weighted by Gasteiger charge is 2.13. The lowest BCUT2D eigenvalue weighted by molar-refractivity contribution is 0.0600. The lowest BCUT2D eigenvalue weighted by Gasteiger charge is -2.14. The summed E-state index contributed by atoms with van der Waals surface area (Å²) in [5.41, 5.74) is 8.94. The molecule has 0 aliphatic carbocycles. The van der Waals surface area contributed by atoms with Crippen LogP contribution in [0, 0.1) is 5.82 Å². The van der Waals surface area contributed by atoms with Gasteiger partial charge in [-0.1, -0.05) is 35.9 Å². The maximum Gasteiger partial charge on any atom is 0.337 e. The lowest BCUT2D eigenvalue weighted by atomic mass is 10.1. The Balaban J connectivity index is 1.74. The quantitative estimate of drug-likeness (QED) is 0.301. The number of methoxy groups -OCH3 is 1. The molecule has 0 spiro atoms. The minimum Gasteiger partial charge on any atom is -0.465 e. The third kappa shape index (κ3) is 5.49. The Morgan fingerprint density at radius 3 is 2.63 bits per heavy atom. The second-order valence-corrected chi connectivity index (χ2v) is 7.02. The Labute approximate surface area is 179 Å². The Morgan fingerprint density at radius 1 is 1.10 bits per heavy atom. The van der Waals surface area contributed by atoms with E-state index < -0.39 is 11.8 Å². The third-order valence-corrected chi connectivity index (χ3v) is 4.86. The number of benzene rings is 3. The number of nitrogen functional groups attached to an aromatic ring is 1. The highest BCUT2D eigenvalue weighted by molar-refractivity contribution is 6.30. The number of ether oxygens (including phenoxy) is 2. The first kappa shape index (κ1) is 21.6. The number of nitrogens with two attached hydrogens (primary N) is 1. The van der Waals surface area contributed by atoms with Crippen molar-refractivity contribution in [2.24, 2.45) is 0 Å². The number of carbonyl (C=O) groups excluding carboxylic acids is 1. The molecule has 0 aliphatic heterocycles. The van der Waals surface area contributed by atoms with E-state index in [0.29, 0.717) is 24.4 Å². The topological polar surface area (TPSA) is 73.6 Å². The van der Waals surface area contributed by atoms with E-state index in [1.54, 1.807) is 24.3 Å². The highest BCUT2D eigenvalue weighted by atomic mass is 35.5. The Kier molecular flexibility index (Phi) is 7.27. The van der Waals surface area contributed by atoms with Crippen molar-refractivity contribution in [1.82, 2.24) is 5.32 Å². The van der Waals surface area contributed by atoms with Crippen molar-refractivity contribution in [3.8, 4) is 11.5 Å². The highest BCUT2D eigenvalue weighted by Crippen LogP contribution is 2.29. The van der Waals surface area contributed by atoms with Crippen LogP contribution in [-0.2, 0) is 17.7 Å². The van der Waals surface area contributed by atoms with E-state index in [1.807, 2.05) is 24.3 Å². The van der Waals surface area contributed by atoms with Gasteiger partial charge in [-0.05, 0) is 48.9 Å². The monoisotopic (exact) mass is 428 g/mol. The fraction of sp³-hybridized carbons (Fsp3) is 0.174. The first-order chi connectivity index (χ1) is 14.5. The van der Waals surface area contributed by atoms with Gasteiger partial charge < -0.3 is 20.5 Å². The van der Waals surface area contributed by atoms with Gasteiger partial charge in [0.1, 0.15) is 17.3 Å². The van der Waals surface area contributed by atoms with Crippen molar-refractivity contribution in [3.05, 3.63) is 88.2 Å². The Hall–Kier alpha value is -3.09. The van der Waals surface area contributed by atoms with Crippen molar-refractivity contribution in [2.45, 2.75) is 13.0 Å². The third-order valence-electron chi connectivity index (χ3n) is 4.55. The fourth-order valence-electron chi connectivity index (χ4n) is 2.92. The van der Waals surface area contributed by atoms with Gasteiger partial charge in [0, 0.05) is 23.9 Å². The van der Waals surface area contributed by atoms with Crippen molar-refractivity contribution in [1.29, 1.82) is 0 Å². The number of para-hydroxylation sites is 1. The van der Waals surface area contributed by atoms with Crippen LogP contribution in [0.1, 0.15) is 21.5 Å². The summed E-state index contributed by atoms with van der Waals surface area (Å²) in [5, 5.41) is 3.35. The minimum absolute atomic E-state index is 0.00716. The number of nitrogens with one attached hydrogen (secondary N) is 1. The number of hydrogen-bond donors (Lipinski definition) is 2. The molecule has 0 saturated heterocycles. The fourth-order valence-corrected chi connectivity index (χ4v) is 3.03. The van der Waals surface area contributed by atoms with Crippen molar-refractivity contribution >= 4 is 23.3 Å². The summed E-state index contributed by atoms with van der Waals surface area (Å²) >= 11 is 5.74. The molecule has 7 heteroatoms. The van der Waals surface area contributed by atoms with Crippen LogP contribution < -0.4 is 15.8 Å². The molecule has 30 heavy (non-hydrogen) atoms. The van der Waals surface area contributed by atoms with Crippen LogP contribution in [-0.4, -0.2) is 19.6 Å². The van der Waals surface area contributed by atoms with E-state index in [0.717, 1.165) is 23.2 Å². The summed E-state index contributed by atoms with van der Waals surface area (Å²) in [4.78, 5) is 11.9. The van der Waals surface area contributed by atoms with E-state index in [9.17, 15) is 9.18 Å². The van der Waals surface area contributed by atoms with Crippen LogP contribution in [0.5, 0.6) is 11.5 Å². The molecule has 156 valence electrons. The van der Waals surface area contributed by atoms with E-state index in [-0.39, 0.29) is 10.8 Å². The summed E-state index contributed by atoms with van der Waals surface area (Å²) in [6.07, 6.45) is 0.769. The molecule has 0 aliphatic rings. The van der Waals surface area contributed by atoms with Crippen LogP contribution in [0.4, 0.5) is 10.1 Å². The van der Waals surface area contributed by atoms with Gasteiger partial charge in [-0.25, -0.2) is 9.18 Å². The molecule has 0 radical (unpaired) electrons. The van der Waals surface area contributed by atoms with Gasteiger partial charge >= 0.3 is 5.97 Å². The maximum atomic E-state index is 13.8. The van der Waals surface area contributed by atoms with Gasteiger partial charge in [0.2, 0.25) is 0 Å². The molecule has 0 saturated carbocycles. The molecule has 0 heterocycles. The SMILES string of the molecule is COC(=O)c1ccc(CNCCc2ccccc2N)c(Oc2ccc(Cl)c(F)c2)c1. The van der Waals surface area contributed by atoms with Crippen LogP contribution in [0.25, 0.3) is 0 Å². The van der Waals surface area contributed by atoms with Crippen molar-refractivity contribution in [2.75, 3.05) is 19.4 Å². The molecule has 0 unspecified atom stereocenters. The molecule has 0 bridgehead atoms. The van der Waals surface area contributed by atoms with E-state index >= 15 is 0 Å². The van der Waals surface area contributed by atoms with Crippen LogP contribution in [0.15, 0.2) is 60.7 Å². The number of carbonyl (C=O) groups is 1. The zero-order valence-corrected chi connectivity index (χ0v) is 17.2. The predicted molar refractivity (Wildman–Crippen MR) is 116 cm³/mol. The maximum absolute atomic E-state index is 13.8. The molecular formula is C23H22ClFN2O3. The van der Waals surface area contributed by atoms with Gasteiger partial charge in [0.05, 0.1) is 17.7 Å². The number of halogens is 2. The van der Waals surface area contributed by atoms with Gasteiger partial charge in [-0.2, -0.15) is 0 Å². The molecule has 3 aromatic carbocycles. The first-order valence-electron chi connectivity index (χ1n) is 9.36. The smallest absolute Gasteiger partial charge is 0.337 e. The lowest BCUT2D eigenvalue weighted by Crippen LogP contribution is -2.18. The number of rotatable bonds is 8. The van der Waals surface area contributed by atoms with Crippen LogP contribution >= 0.6 is 11.6 Å². The summed E-state index contributed by atoms with van der Waals surface area (Å²) in [5.74, 6) is -0.372. The summed E-state index contributed by atoms with van der Waals surface area (Å²) in [6.45, 7) is 1.18. The largest absolute Gasteiger partial charge is 0.465 e. The molecular weight excluding hydrogens is 407 g/mol. The zero-order valence-electron chi connectivity index (χ0n) is 16.5. The average Bonchev–Trinajstić information content (AvgIpc) is 2.75. The first-order valence-corrected chi connectivity index (χ1v) is 9.74. The summed E-state index contributed by atoms with van der Waals surface area (Å²) in [6, 6.07) is 16.9. The standard InChI is InChI=1S/C23H22ClFN2O3/c1-29-23(28)16-6-7-17(14-27-11-10-15-4-2-3-5-21(15)26)22(12-16)30-18-8-9-19(24)20(25)13-18/h2-9,12-13,27H,10-11,14,26H2,1H3. The molecule has 3 rings (SSSR count). The average molecular weight is 429 g/mol. The molecule has 0 amide bonds. The van der Waals surface area contributed by atoms with Crippen molar-refractivity contribution < 1.29 is 18.7 Å². The molecule has 3 aromatic rings. The molecule has 0 aromatic heterocycles. The molecule has 5 nitrogen and oxygen atoms in total.